The van der Waals surface area contributed by atoms with Crippen molar-refractivity contribution in [2.24, 2.45) is 11.3 Å². The van der Waals surface area contributed by atoms with Crippen LogP contribution in [0, 0.1) is 11.3 Å². The number of nitrogens with zero attached hydrogens (tertiary/aromatic N) is 1. The average Bonchev–Trinajstić information content (AvgIpc) is 2.51. The van der Waals surface area contributed by atoms with Crippen LogP contribution in [-0.4, -0.2) is 37.3 Å². The molecule has 1 heterocycles. The van der Waals surface area contributed by atoms with Crippen molar-refractivity contribution < 1.29 is 13.2 Å². The molecule has 7 heteroatoms. The molecule has 0 unspecified atom stereocenters. The molecule has 0 saturated carbocycles. The summed E-state index contributed by atoms with van der Waals surface area (Å²) in [6.07, 6.45) is 1.97. The summed E-state index contributed by atoms with van der Waals surface area (Å²) >= 11 is 5.95. The maximum Gasteiger partial charge on any atom is 0.223 e. The molecule has 0 bridgehead atoms. The zero-order chi connectivity index (χ0) is 21.2. The van der Waals surface area contributed by atoms with E-state index in [1.165, 1.54) is 4.31 Å². The van der Waals surface area contributed by atoms with Gasteiger partial charge in [0.2, 0.25) is 15.9 Å². The molecule has 1 aromatic carbocycles. The van der Waals surface area contributed by atoms with E-state index in [1.807, 2.05) is 13.8 Å². The van der Waals surface area contributed by atoms with E-state index in [4.69, 9.17) is 11.6 Å². The second-order valence-corrected chi connectivity index (χ2v) is 12.1. The van der Waals surface area contributed by atoms with Crippen LogP contribution in [0.15, 0.2) is 24.3 Å². The molecular weight excluding hydrogens is 396 g/mol. The Morgan fingerprint density at radius 3 is 2.32 bits per heavy atom. The van der Waals surface area contributed by atoms with Crippen molar-refractivity contribution in [3.8, 4) is 0 Å². The number of carbonyl (C=O) groups excluding carboxylic acids is 1. The molecule has 1 amide bonds. The number of piperidine rings is 1. The minimum atomic E-state index is -3.42. The number of sulfonamides is 1. The zero-order valence-electron chi connectivity index (χ0n) is 17.6. The van der Waals surface area contributed by atoms with Gasteiger partial charge in [-0.15, -0.1) is 0 Å². The highest BCUT2D eigenvalue weighted by molar-refractivity contribution is 7.88. The number of halogens is 1. The molecule has 1 fully saturated rings. The van der Waals surface area contributed by atoms with Crippen molar-refractivity contribution in [3.63, 3.8) is 0 Å². The van der Waals surface area contributed by atoms with Gasteiger partial charge in [-0.3, -0.25) is 4.79 Å². The molecule has 1 saturated heterocycles. The van der Waals surface area contributed by atoms with E-state index in [0.29, 0.717) is 36.5 Å². The molecule has 0 aliphatic carbocycles. The number of hydrogen-bond donors (Lipinski definition) is 1. The highest BCUT2D eigenvalue weighted by atomic mass is 35.5. The number of benzene rings is 1. The molecule has 5 nitrogen and oxygen atoms in total. The second-order valence-electron chi connectivity index (χ2n) is 9.67. The van der Waals surface area contributed by atoms with Gasteiger partial charge in [0.25, 0.3) is 0 Å². The van der Waals surface area contributed by atoms with Crippen LogP contribution in [0.5, 0.6) is 0 Å². The third-order valence-electron chi connectivity index (χ3n) is 4.89. The fraction of sp³-hybridized carbons (Fsp3) is 0.667. The Balaban J connectivity index is 1.92. The molecule has 1 aliphatic heterocycles. The van der Waals surface area contributed by atoms with Gasteiger partial charge < -0.3 is 5.32 Å². The smallest absolute Gasteiger partial charge is 0.223 e. The summed E-state index contributed by atoms with van der Waals surface area (Å²) in [6.45, 7) is 11.3. The van der Waals surface area contributed by atoms with Crippen LogP contribution < -0.4 is 5.32 Å². The lowest BCUT2D eigenvalue weighted by atomic mass is 9.81. The van der Waals surface area contributed by atoms with E-state index in [2.05, 4.69) is 26.1 Å². The Morgan fingerprint density at radius 2 is 1.79 bits per heavy atom. The minimum absolute atomic E-state index is 0.0288. The van der Waals surface area contributed by atoms with Crippen molar-refractivity contribution >= 4 is 27.5 Å². The van der Waals surface area contributed by atoms with Crippen LogP contribution in [0.25, 0.3) is 0 Å². The maximum atomic E-state index is 12.7. The number of rotatable bonds is 6. The fourth-order valence-corrected chi connectivity index (χ4v) is 5.89. The number of nitrogens with one attached hydrogen (secondary N) is 1. The monoisotopic (exact) mass is 428 g/mol. The van der Waals surface area contributed by atoms with Gasteiger partial charge in [0.1, 0.15) is 0 Å². The normalized spacial score (nSPS) is 17.5. The van der Waals surface area contributed by atoms with Gasteiger partial charge in [-0.05, 0) is 56.2 Å². The molecule has 0 radical (unpaired) electrons. The summed E-state index contributed by atoms with van der Waals surface area (Å²) in [5.41, 5.74) is 0.510. The van der Waals surface area contributed by atoms with Gasteiger partial charge >= 0.3 is 0 Å². The highest BCUT2D eigenvalue weighted by Crippen LogP contribution is 2.28. The standard InChI is InChI=1S/C21H33ClN2O3S/c1-20(2,3)15-21(4,5)23-19(25)17-9-11-24(12-10-17)28(26,27)14-16-7-6-8-18(22)13-16/h6-8,13,17H,9-12,14-15H2,1-5H3,(H,23,25). The third kappa shape index (κ3) is 7.05. The molecule has 0 aromatic heterocycles. The Morgan fingerprint density at radius 1 is 1.18 bits per heavy atom. The lowest BCUT2D eigenvalue weighted by Gasteiger charge is -2.36. The molecule has 0 spiro atoms. The van der Waals surface area contributed by atoms with Crippen LogP contribution in [0.3, 0.4) is 0 Å². The summed E-state index contributed by atoms with van der Waals surface area (Å²) < 4.78 is 26.9. The first-order chi connectivity index (χ1) is 12.8. The first-order valence-electron chi connectivity index (χ1n) is 9.82. The largest absolute Gasteiger partial charge is 0.351 e. The number of carbonyl (C=O) groups is 1. The summed E-state index contributed by atoms with van der Waals surface area (Å²) in [6, 6.07) is 6.92. The minimum Gasteiger partial charge on any atom is -0.351 e. The molecular formula is C21H33ClN2O3S. The van der Waals surface area contributed by atoms with Crippen LogP contribution >= 0.6 is 11.6 Å². The molecule has 1 N–H and O–H groups in total. The second kappa shape index (κ2) is 8.72. The van der Waals surface area contributed by atoms with Crippen molar-refractivity contribution in [3.05, 3.63) is 34.9 Å². The third-order valence-corrected chi connectivity index (χ3v) is 6.98. The van der Waals surface area contributed by atoms with Crippen LogP contribution in [0.2, 0.25) is 5.02 Å². The van der Waals surface area contributed by atoms with E-state index in [-0.39, 0.29) is 28.5 Å². The van der Waals surface area contributed by atoms with E-state index in [9.17, 15) is 13.2 Å². The summed E-state index contributed by atoms with van der Waals surface area (Å²) in [5, 5.41) is 3.69. The molecule has 158 valence electrons. The lowest BCUT2D eigenvalue weighted by molar-refractivity contribution is -0.128. The predicted octanol–water partition coefficient (Wildman–Crippen LogP) is 4.21. The van der Waals surface area contributed by atoms with Gasteiger partial charge in [0.15, 0.2) is 0 Å². The topological polar surface area (TPSA) is 66.5 Å². The molecule has 2 rings (SSSR count). The van der Waals surface area contributed by atoms with E-state index in [0.717, 1.165) is 6.42 Å². The van der Waals surface area contributed by atoms with Gasteiger partial charge in [0, 0.05) is 29.6 Å². The lowest BCUT2D eigenvalue weighted by Crippen LogP contribution is -2.50. The molecule has 28 heavy (non-hydrogen) atoms. The van der Waals surface area contributed by atoms with Crippen molar-refractivity contribution in [1.29, 1.82) is 0 Å². The highest BCUT2D eigenvalue weighted by Gasteiger charge is 2.34. The van der Waals surface area contributed by atoms with Gasteiger partial charge in [-0.25, -0.2) is 12.7 Å². The summed E-state index contributed by atoms with van der Waals surface area (Å²) in [5.74, 6) is -0.179. The van der Waals surface area contributed by atoms with E-state index in [1.54, 1.807) is 24.3 Å². The average molecular weight is 429 g/mol. The Kier molecular flexibility index (Phi) is 7.22. The Labute approximate surface area is 174 Å². The van der Waals surface area contributed by atoms with Gasteiger partial charge in [-0.2, -0.15) is 0 Å². The number of hydrogen-bond acceptors (Lipinski definition) is 3. The van der Waals surface area contributed by atoms with Gasteiger partial charge in [0.05, 0.1) is 5.75 Å². The fourth-order valence-electron chi connectivity index (χ4n) is 4.13. The zero-order valence-corrected chi connectivity index (χ0v) is 19.2. The Bertz CT molecular complexity index is 792. The Hall–Kier alpha value is -1.11. The van der Waals surface area contributed by atoms with Crippen LogP contribution in [0.4, 0.5) is 0 Å². The van der Waals surface area contributed by atoms with Gasteiger partial charge in [-0.1, -0.05) is 44.5 Å². The van der Waals surface area contributed by atoms with E-state index >= 15 is 0 Å². The molecule has 1 aliphatic rings. The van der Waals surface area contributed by atoms with Crippen LogP contribution in [-0.2, 0) is 20.6 Å². The van der Waals surface area contributed by atoms with E-state index < -0.39 is 10.0 Å². The first kappa shape index (κ1) is 23.2. The van der Waals surface area contributed by atoms with Crippen molar-refractivity contribution in [1.82, 2.24) is 9.62 Å². The van der Waals surface area contributed by atoms with Crippen LogP contribution in [0.1, 0.15) is 59.4 Å². The van der Waals surface area contributed by atoms with Crippen molar-refractivity contribution in [2.45, 2.75) is 65.2 Å². The first-order valence-corrected chi connectivity index (χ1v) is 11.8. The maximum absolute atomic E-state index is 12.7. The predicted molar refractivity (Wildman–Crippen MR) is 115 cm³/mol. The number of amides is 1. The SMILES string of the molecule is CC(C)(C)CC(C)(C)NC(=O)C1CCN(S(=O)(=O)Cc2cccc(Cl)c2)CC1. The molecule has 0 atom stereocenters. The van der Waals surface area contributed by atoms with Crippen molar-refractivity contribution in [2.75, 3.05) is 13.1 Å². The quantitative estimate of drug-likeness (QED) is 0.737. The molecule has 1 aromatic rings. The summed E-state index contributed by atoms with van der Waals surface area (Å²) in [7, 11) is -3.42. The summed E-state index contributed by atoms with van der Waals surface area (Å²) in [4.78, 5) is 12.7.